The third-order valence-corrected chi connectivity index (χ3v) is 2.98. The molecule has 0 aromatic heterocycles. The number of piperazine rings is 1. The van der Waals surface area contributed by atoms with Crippen LogP contribution in [0.3, 0.4) is 0 Å². The molecule has 1 atom stereocenters. The molecule has 3 nitrogen and oxygen atoms in total. The highest BCUT2D eigenvalue weighted by molar-refractivity contribution is 5.77. The number of carbonyl (C=O) groups excluding carboxylic acids is 1. The van der Waals surface area contributed by atoms with Gasteiger partial charge >= 0.3 is 0 Å². The Bertz CT molecular complexity index is 201. The van der Waals surface area contributed by atoms with Crippen LogP contribution in [-0.4, -0.2) is 36.5 Å². The molecule has 1 amide bonds. The van der Waals surface area contributed by atoms with Gasteiger partial charge in [-0.2, -0.15) is 0 Å². The molecule has 1 saturated heterocycles. The number of rotatable bonds is 2. The molecule has 2 aliphatic rings. The molecule has 3 heteroatoms. The largest absolute Gasteiger partial charge is 0.337 e. The summed E-state index contributed by atoms with van der Waals surface area (Å²) in [6.45, 7) is 4.93. The first-order valence-electron chi connectivity index (χ1n) is 5.27. The van der Waals surface area contributed by atoms with Gasteiger partial charge in [0.25, 0.3) is 0 Å². The molecule has 1 aliphatic carbocycles. The lowest BCUT2D eigenvalue weighted by Gasteiger charge is -2.34. The molecule has 2 fully saturated rings. The third-order valence-electron chi connectivity index (χ3n) is 2.98. The zero-order chi connectivity index (χ0) is 9.26. The Balaban J connectivity index is 1.85. The zero-order valence-corrected chi connectivity index (χ0v) is 8.25. The second kappa shape index (κ2) is 3.66. The lowest BCUT2D eigenvalue weighted by molar-refractivity contribution is -0.134. The third kappa shape index (κ3) is 2.21. The van der Waals surface area contributed by atoms with Gasteiger partial charge in [-0.3, -0.25) is 4.79 Å². The van der Waals surface area contributed by atoms with Crippen molar-refractivity contribution in [2.24, 2.45) is 5.92 Å². The minimum Gasteiger partial charge on any atom is -0.337 e. The fourth-order valence-electron chi connectivity index (χ4n) is 1.90. The van der Waals surface area contributed by atoms with Gasteiger partial charge in [-0.1, -0.05) is 0 Å². The standard InChI is InChI=1S/C10H18N2O/c1-8-7-11-4-5-12(8)10(13)6-9-2-3-9/h8-9,11H,2-7H2,1H3/t8-/m1/s1. The van der Waals surface area contributed by atoms with Crippen molar-refractivity contribution in [2.75, 3.05) is 19.6 Å². The van der Waals surface area contributed by atoms with Gasteiger partial charge in [-0.15, -0.1) is 0 Å². The van der Waals surface area contributed by atoms with Crippen molar-refractivity contribution < 1.29 is 4.79 Å². The topological polar surface area (TPSA) is 32.3 Å². The summed E-state index contributed by atoms with van der Waals surface area (Å²) in [6.07, 6.45) is 3.34. The molecule has 1 heterocycles. The molecular formula is C10H18N2O. The highest BCUT2D eigenvalue weighted by Crippen LogP contribution is 2.33. The van der Waals surface area contributed by atoms with Crippen molar-refractivity contribution in [1.82, 2.24) is 10.2 Å². The van der Waals surface area contributed by atoms with Crippen LogP contribution in [0.5, 0.6) is 0 Å². The molecule has 0 radical (unpaired) electrons. The molecule has 13 heavy (non-hydrogen) atoms. The number of nitrogens with zero attached hydrogens (tertiary/aromatic N) is 1. The first-order valence-corrected chi connectivity index (χ1v) is 5.27. The number of hydrogen-bond acceptors (Lipinski definition) is 2. The monoisotopic (exact) mass is 182 g/mol. The first kappa shape index (κ1) is 9.00. The second-order valence-corrected chi connectivity index (χ2v) is 4.29. The van der Waals surface area contributed by atoms with Crippen molar-refractivity contribution in [3.8, 4) is 0 Å². The second-order valence-electron chi connectivity index (χ2n) is 4.29. The van der Waals surface area contributed by atoms with E-state index in [1.807, 2.05) is 4.90 Å². The van der Waals surface area contributed by atoms with Gasteiger partial charge in [-0.05, 0) is 25.7 Å². The van der Waals surface area contributed by atoms with Gasteiger partial charge in [0, 0.05) is 32.1 Å². The van der Waals surface area contributed by atoms with Crippen LogP contribution >= 0.6 is 0 Å². The van der Waals surface area contributed by atoms with Crippen molar-refractivity contribution in [3.63, 3.8) is 0 Å². The maximum Gasteiger partial charge on any atom is 0.223 e. The molecule has 0 unspecified atom stereocenters. The Morgan fingerprint density at radius 3 is 2.92 bits per heavy atom. The van der Waals surface area contributed by atoms with E-state index in [1.54, 1.807) is 0 Å². The van der Waals surface area contributed by atoms with Crippen molar-refractivity contribution >= 4 is 5.91 Å². The number of carbonyl (C=O) groups is 1. The van der Waals surface area contributed by atoms with Crippen molar-refractivity contribution in [3.05, 3.63) is 0 Å². The summed E-state index contributed by atoms with van der Waals surface area (Å²) < 4.78 is 0. The summed E-state index contributed by atoms with van der Waals surface area (Å²) in [5.41, 5.74) is 0. The fourth-order valence-corrected chi connectivity index (χ4v) is 1.90. The van der Waals surface area contributed by atoms with Gasteiger partial charge < -0.3 is 10.2 Å². The van der Waals surface area contributed by atoms with E-state index in [1.165, 1.54) is 12.8 Å². The predicted molar refractivity (Wildman–Crippen MR) is 51.4 cm³/mol. The van der Waals surface area contributed by atoms with E-state index in [4.69, 9.17) is 0 Å². The Morgan fingerprint density at radius 1 is 1.54 bits per heavy atom. The SMILES string of the molecule is C[C@@H]1CNCCN1C(=O)CC1CC1. The Labute approximate surface area is 79.5 Å². The molecule has 74 valence electrons. The van der Waals surface area contributed by atoms with E-state index < -0.39 is 0 Å². The van der Waals surface area contributed by atoms with E-state index in [0.717, 1.165) is 32.0 Å². The Morgan fingerprint density at radius 2 is 2.31 bits per heavy atom. The normalized spacial score (nSPS) is 29.0. The summed E-state index contributed by atoms with van der Waals surface area (Å²) in [5, 5.41) is 3.29. The van der Waals surface area contributed by atoms with E-state index >= 15 is 0 Å². The highest BCUT2D eigenvalue weighted by atomic mass is 16.2. The molecule has 1 aliphatic heterocycles. The lowest BCUT2D eigenvalue weighted by atomic mass is 10.2. The molecule has 1 saturated carbocycles. The van der Waals surface area contributed by atoms with Crippen molar-refractivity contribution in [1.29, 1.82) is 0 Å². The van der Waals surface area contributed by atoms with Crippen LogP contribution in [-0.2, 0) is 4.79 Å². The minimum absolute atomic E-state index is 0.372. The molecule has 0 bridgehead atoms. The molecule has 0 aromatic rings. The maximum absolute atomic E-state index is 11.8. The van der Waals surface area contributed by atoms with Crippen LogP contribution in [0.1, 0.15) is 26.2 Å². The van der Waals surface area contributed by atoms with Crippen LogP contribution in [0.25, 0.3) is 0 Å². The van der Waals surface area contributed by atoms with E-state index in [2.05, 4.69) is 12.2 Å². The molecular weight excluding hydrogens is 164 g/mol. The van der Waals surface area contributed by atoms with Gasteiger partial charge in [0.2, 0.25) is 5.91 Å². The van der Waals surface area contributed by atoms with Crippen LogP contribution < -0.4 is 5.32 Å². The highest BCUT2D eigenvalue weighted by Gasteiger charge is 2.29. The predicted octanol–water partition coefficient (Wildman–Crippen LogP) is 0.607. The van der Waals surface area contributed by atoms with Gasteiger partial charge in [0.1, 0.15) is 0 Å². The van der Waals surface area contributed by atoms with Crippen LogP contribution in [0, 0.1) is 5.92 Å². The average Bonchev–Trinajstić information content (AvgIpc) is 2.89. The van der Waals surface area contributed by atoms with Crippen LogP contribution in [0.4, 0.5) is 0 Å². The first-order chi connectivity index (χ1) is 6.27. The Hall–Kier alpha value is -0.570. The summed E-state index contributed by atoms with van der Waals surface area (Å²) >= 11 is 0. The number of amides is 1. The van der Waals surface area contributed by atoms with Crippen molar-refractivity contribution in [2.45, 2.75) is 32.2 Å². The summed E-state index contributed by atoms with van der Waals surface area (Å²) in [7, 11) is 0. The average molecular weight is 182 g/mol. The molecule has 1 N–H and O–H groups in total. The summed E-state index contributed by atoms with van der Waals surface area (Å²) in [4.78, 5) is 13.8. The van der Waals surface area contributed by atoms with Crippen LogP contribution in [0.2, 0.25) is 0 Å². The van der Waals surface area contributed by atoms with E-state index in [-0.39, 0.29) is 0 Å². The van der Waals surface area contributed by atoms with Gasteiger partial charge in [-0.25, -0.2) is 0 Å². The smallest absolute Gasteiger partial charge is 0.223 e. The van der Waals surface area contributed by atoms with Crippen LogP contribution in [0.15, 0.2) is 0 Å². The van der Waals surface area contributed by atoms with Gasteiger partial charge in [0.05, 0.1) is 0 Å². The molecule has 0 aromatic carbocycles. The van der Waals surface area contributed by atoms with E-state index in [0.29, 0.717) is 11.9 Å². The number of hydrogen-bond donors (Lipinski definition) is 1. The molecule has 0 spiro atoms. The van der Waals surface area contributed by atoms with Gasteiger partial charge in [0.15, 0.2) is 0 Å². The summed E-state index contributed by atoms with van der Waals surface area (Å²) in [5.74, 6) is 1.09. The quantitative estimate of drug-likeness (QED) is 0.678. The lowest BCUT2D eigenvalue weighted by Crippen LogP contribution is -2.52. The number of nitrogens with one attached hydrogen (secondary N) is 1. The molecule has 2 rings (SSSR count). The minimum atomic E-state index is 0.372. The fraction of sp³-hybridized carbons (Fsp3) is 0.900. The summed E-state index contributed by atoms with van der Waals surface area (Å²) in [6, 6.07) is 0.389. The zero-order valence-electron chi connectivity index (χ0n) is 8.25. The Kier molecular flexibility index (Phi) is 2.54. The van der Waals surface area contributed by atoms with E-state index in [9.17, 15) is 4.79 Å². The maximum atomic E-state index is 11.8.